The highest BCUT2D eigenvalue weighted by Gasteiger charge is 2.23. The average Bonchev–Trinajstić information content (AvgIpc) is 2.41. The van der Waals surface area contributed by atoms with Gasteiger partial charge in [-0.25, -0.2) is 4.68 Å². The molecule has 0 bridgehead atoms. The molecule has 1 saturated heterocycles. The Hall–Kier alpha value is -0.820. The van der Waals surface area contributed by atoms with Crippen LogP contribution in [0, 0.1) is 3.70 Å². The van der Waals surface area contributed by atoms with Crippen LogP contribution in [0.4, 0.5) is 0 Å². The molecule has 1 N–H and O–H groups in total. The summed E-state index contributed by atoms with van der Waals surface area (Å²) in [6, 6.07) is 5.29. The van der Waals surface area contributed by atoms with Crippen molar-refractivity contribution in [3.8, 4) is 5.75 Å². The van der Waals surface area contributed by atoms with E-state index in [-0.39, 0.29) is 12.0 Å². The molecule has 0 amide bonds. The molecule has 78 valence electrons. The summed E-state index contributed by atoms with van der Waals surface area (Å²) in [5.74, 6) is 0.273. The summed E-state index contributed by atoms with van der Waals surface area (Å²) in [5.41, 5.74) is 1.02. The van der Waals surface area contributed by atoms with Crippen molar-refractivity contribution in [1.29, 1.82) is 0 Å². The molecule has 2 heterocycles. The smallest absolute Gasteiger partial charge is 0.153 e. The number of rotatable bonds is 1. The summed E-state index contributed by atoms with van der Waals surface area (Å²) < 4.78 is 8.19. The van der Waals surface area contributed by atoms with Crippen LogP contribution in [0.25, 0.3) is 10.9 Å². The van der Waals surface area contributed by atoms with Gasteiger partial charge in [-0.15, -0.1) is 0 Å². The Kier molecular flexibility index (Phi) is 2.10. The van der Waals surface area contributed by atoms with Gasteiger partial charge < -0.3 is 9.84 Å². The monoisotopic (exact) mass is 316 g/mol. The number of benzene rings is 1. The Morgan fingerprint density at radius 1 is 1.53 bits per heavy atom. The number of halogens is 1. The van der Waals surface area contributed by atoms with E-state index in [0.717, 1.165) is 27.6 Å². The number of fused-ring (bicyclic) bond motifs is 1. The lowest BCUT2D eigenvalue weighted by Gasteiger charge is -2.27. The van der Waals surface area contributed by atoms with E-state index < -0.39 is 0 Å². The Labute approximate surface area is 100.0 Å². The molecule has 1 aromatic heterocycles. The maximum atomic E-state index is 9.40. The largest absolute Gasteiger partial charge is 0.508 e. The second-order valence-corrected chi connectivity index (χ2v) is 4.57. The highest BCUT2D eigenvalue weighted by molar-refractivity contribution is 14.1. The fraction of sp³-hybridized carbons (Fsp3) is 0.300. The summed E-state index contributed by atoms with van der Waals surface area (Å²) in [5, 5.41) is 14.8. The van der Waals surface area contributed by atoms with Crippen molar-refractivity contribution in [2.75, 3.05) is 6.61 Å². The first kappa shape index (κ1) is 9.41. The molecule has 1 aliphatic heterocycles. The first-order chi connectivity index (χ1) is 7.25. The van der Waals surface area contributed by atoms with E-state index in [9.17, 15) is 5.11 Å². The number of aromatic hydroxyl groups is 1. The average molecular weight is 316 g/mol. The minimum Gasteiger partial charge on any atom is -0.508 e. The molecule has 0 radical (unpaired) electrons. The molecule has 1 aliphatic rings. The molecule has 0 spiro atoms. The van der Waals surface area contributed by atoms with Crippen molar-refractivity contribution in [3.05, 3.63) is 21.9 Å². The van der Waals surface area contributed by atoms with Gasteiger partial charge in [-0.3, -0.25) is 0 Å². The van der Waals surface area contributed by atoms with Crippen molar-refractivity contribution in [2.24, 2.45) is 0 Å². The molecular weight excluding hydrogens is 307 g/mol. The van der Waals surface area contributed by atoms with Crippen molar-refractivity contribution in [2.45, 2.75) is 12.6 Å². The van der Waals surface area contributed by atoms with E-state index in [1.165, 1.54) is 0 Å². The zero-order chi connectivity index (χ0) is 10.4. The van der Waals surface area contributed by atoms with Gasteiger partial charge in [-0.2, -0.15) is 5.10 Å². The molecule has 1 aromatic carbocycles. The van der Waals surface area contributed by atoms with E-state index >= 15 is 0 Å². The molecule has 1 fully saturated rings. The van der Waals surface area contributed by atoms with Gasteiger partial charge >= 0.3 is 0 Å². The Balaban J connectivity index is 2.22. The van der Waals surface area contributed by atoms with E-state index in [2.05, 4.69) is 27.7 Å². The van der Waals surface area contributed by atoms with Crippen LogP contribution >= 0.6 is 22.6 Å². The molecule has 3 rings (SSSR count). The molecule has 4 nitrogen and oxygen atoms in total. The van der Waals surface area contributed by atoms with Crippen molar-refractivity contribution >= 4 is 33.5 Å². The Morgan fingerprint density at radius 3 is 3.00 bits per heavy atom. The molecule has 0 aliphatic carbocycles. The number of aromatic nitrogens is 2. The molecule has 5 heteroatoms. The van der Waals surface area contributed by atoms with Crippen LogP contribution in [0.5, 0.6) is 5.75 Å². The zero-order valence-electron chi connectivity index (χ0n) is 7.85. The van der Waals surface area contributed by atoms with Gasteiger partial charge in [-0.1, -0.05) is 0 Å². The maximum absolute atomic E-state index is 9.40. The topological polar surface area (TPSA) is 47.3 Å². The quantitative estimate of drug-likeness (QED) is 0.821. The minimum atomic E-state index is 0.0700. The Morgan fingerprint density at radius 2 is 2.33 bits per heavy atom. The number of nitrogens with zero attached hydrogens (tertiary/aromatic N) is 2. The molecule has 0 saturated carbocycles. The summed E-state index contributed by atoms with van der Waals surface area (Å²) in [4.78, 5) is 0. The standard InChI is InChI=1S/C10H9IN2O2/c11-10-7-5-6(14)1-2-8(7)13(12-10)9-3-4-15-9/h1-2,5,9,14H,3-4H2. The first-order valence-electron chi connectivity index (χ1n) is 4.74. The first-order valence-corrected chi connectivity index (χ1v) is 5.82. The van der Waals surface area contributed by atoms with Crippen LogP contribution < -0.4 is 0 Å². The number of hydrogen-bond donors (Lipinski definition) is 1. The summed E-state index contributed by atoms with van der Waals surface area (Å²) in [6.45, 7) is 0.806. The summed E-state index contributed by atoms with van der Waals surface area (Å²) in [7, 11) is 0. The summed E-state index contributed by atoms with van der Waals surface area (Å²) in [6.07, 6.45) is 1.08. The second kappa shape index (κ2) is 3.34. The van der Waals surface area contributed by atoms with Gasteiger partial charge in [0.15, 0.2) is 6.23 Å². The van der Waals surface area contributed by atoms with Crippen LogP contribution in [0.2, 0.25) is 0 Å². The van der Waals surface area contributed by atoms with Gasteiger partial charge in [-0.05, 0) is 40.8 Å². The molecule has 15 heavy (non-hydrogen) atoms. The predicted molar refractivity (Wildman–Crippen MR) is 63.7 cm³/mol. The highest BCUT2D eigenvalue weighted by Crippen LogP contribution is 2.31. The van der Waals surface area contributed by atoms with Crippen molar-refractivity contribution < 1.29 is 9.84 Å². The fourth-order valence-electron chi connectivity index (χ4n) is 1.73. The molecular formula is C10H9IN2O2. The second-order valence-electron chi connectivity index (χ2n) is 3.55. The van der Waals surface area contributed by atoms with Gasteiger partial charge in [0.25, 0.3) is 0 Å². The zero-order valence-corrected chi connectivity index (χ0v) is 10.0. The number of hydrogen-bond acceptors (Lipinski definition) is 3. The normalized spacial score (nSPS) is 20.5. The molecule has 2 aromatic rings. The van der Waals surface area contributed by atoms with Gasteiger partial charge in [0.2, 0.25) is 0 Å². The highest BCUT2D eigenvalue weighted by atomic mass is 127. The number of phenols is 1. The lowest BCUT2D eigenvalue weighted by molar-refractivity contribution is -0.104. The van der Waals surface area contributed by atoms with Gasteiger partial charge in [0.05, 0.1) is 12.1 Å². The number of ether oxygens (including phenoxy) is 1. The summed E-state index contributed by atoms with van der Waals surface area (Å²) >= 11 is 2.17. The lowest BCUT2D eigenvalue weighted by atomic mass is 10.2. The maximum Gasteiger partial charge on any atom is 0.153 e. The SMILES string of the molecule is Oc1ccc2c(c1)c(I)nn2C1CCO1. The Bertz CT molecular complexity index is 519. The van der Waals surface area contributed by atoms with E-state index in [1.807, 2.05) is 10.7 Å². The van der Waals surface area contributed by atoms with Crippen molar-refractivity contribution in [1.82, 2.24) is 9.78 Å². The third-order valence-corrected chi connectivity index (χ3v) is 3.39. The van der Waals surface area contributed by atoms with Gasteiger partial charge in [0.1, 0.15) is 9.45 Å². The van der Waals surface area contributed by atoms with E-state index in [0.29, 0.717) is 0 Å². The lowest BCUT2D eigenvalue weighted by Crippen LogP contribution is -2.25. The van der Waals surface area contributed by atoms with Crippen LogP contribution in [-0.4, -0.2) is 21.5 Å². The van der Waals surface area contributed by atoms with Crippen LogP contribution in [0.1, 0.15) is 12.6 Å². The fourth-order valence-corrected chi connectivity index (χ4v) is 2.39. The van der Waals surface area contributed by atoms with Crippen molar-refractivity contribution in [3.63, 3.8) is 0 Å². The van der Waals surface area contributed by atoms with Crippen LogP contribution in [0.15, 0.2) is 18.2 Å². The molecule has 1 unspecified atom stereocenters. The third-order valence-electron chi connectivity index (χ3n) is 2.59. The molecule has 1 atom stereocenters. The van der Waals surface area contributed by atoms with E-state index in [1.54, 1.807) is 12.1 Å². The van der Waals surface area contributed by atoms with E-state index in [4.69, 9.17) is 4.74 Å². The van der Waals surface area contributed by atoms with Crippen LogP contribution in [0.3, 0.4) is 0 Å². The van der Waals surface area contributed by atoms with Crippen LogP contribution in [-0.2, 0) is 4.74 Å². The number of phenolic OH excluding ortho intramolecular Hbond substituents is 1. The predicted octanol–water partition coefficient (Wildman–Crippen LogP) is 2.27. The third kappa shape index (κ3) is 1.41. The van der Waals surface area contributed by atoms with Gasteiger partial charge in [0, 0.05) is 11.8 Å². The minimum absolute atomic E-state index is 0.0700.